The molecule has 21 heavy (non-hydrogen) atoms. The number of hydrogen-bond donors (Lipinski definition) is 1. The van der Waals surface area contributed by atoms with Gasteiger partial charge < -0.3 is 5.32 Å². The molecule has 0 aliphatic heterocycles. The van der Waals surface area contributed by atoms with E-state index in [1.54, 1.807) is 0 Å². The largest absolute Gasteiger partial charge is 0.312 e. The van der Waals surface area contributed by atoms with Crippen LogP contribution in [0.15, 0.2) is 18.2 Å². The average molecular weight is 328 g/mol. The van der Waals surface area contributed by atoms with Gasteiger partial charge in [0.05, 0.1) is 0 Å². The van der Waals surface area contributed by atoms with Crippen molar-refractivity contribution < 1.29 is 0 Å². The molecule has 3 heteroatoms. The maximum Gasteiger partial charge on any atom is 0.0441 e. The highest BCUT2D eigenvalue weighted by Gasteiger charge is 2.31. The fourth-order valence-electron chi connectivity index (χ4n) is 3.30. The van der Waals surface area contributed by atoms with Crippen LogP contribution in [0, 0.1) is 11.8 Å². The first-order chi connectivity index (χ1) is 9.76. The van der Waals surface area contributed by atoms with Crippen LogP contribution in [0.2, 0.25) is 10.0 Å². The van der Waals surface area contributed by atoms with Gasteiger partial charge >= 0.3 is 0 Å². The van der Waals surface area contributed by atoms with Gasteiger partial charge in [0.1, 0.15) is 0 Å². The molecular weight excluding hydrogens is 301 g/mol. The summed E-state index contributed by atoms with van der Waals surface area (Å²) in [6.07, 6.45) is 3.78. The third-order valence-electron chi connectivity index (χ3n) is 4.51. The predicted molar refractivity (Wildman–Crippen MR) is 93.5 cm³/mol. The molecule has 0 bridgehead atoms. The number of hydrogen-bond acceptors (Lipinski definition) is 1. The van der Waals surface area contributed by atoms with Crippen molar-refractivity contribution in [3.63, 3.8) is 0 Å². The molecule has 3 atom stereocenters. The van der Waals surface area contributed by atoms with E-state index in [0.717, 1.165) is 22.5 Å². The molecule has 1 aliphatic carbocycles. The lowest BCUT2D eigenvalue weighted by molar-refractivity contribution is 0.227. The van der Waals surface area contributed by atoms with Crippen molar-refractivity contribution in [2.75, 3.05) is 6.54 Å². The highest BCUT2D eigenvalue weighted by atomic mass is 35.5. The Bertz CT molecular complexity index is 479. The molecule has 0 amide bonds. The van der Waals surface area contributed by atoms with Gasteiger partial charge in [-0.3, -0.25) is 0 Å². The minimum absolute atomic E-state index is 0.158. The van der Waals surface area contributed by atoms with E-state index < -0.39 is 0 Å². The zero-order valence-corrected chi connectivity index (χ0v) is 15.1. The molecule has 1 aromatic rings. The van der Waals surface area contributed by atoms with Crippen LogP contribution in [0.4, 0.5) is 0 Å². The molecule has 1 N–H and O–H groups in total. The zero-order chi connectivity index (χ0) is 15.6. The lowest BCUT2D eigenvalue weighted by Crippen LogP contribution is -2.41. The van der Waals surface area contributed by atoms with Gasteiger partial charge in [-0.15, -0.1) is 0 Å². The molecule has 1 nitrogen and oxygen atoms in total. The second-order valence-corrected chi connectivity index (χ2v) is 8.43. The summed E-state index contributed by atoms with van der Waals surface area (Å²) in [5, 5.41) is 5.31. The molecule has 2 rings (SSSR count). The first kappa shape index (κ1) is 17.1. The van der Waals surface area contributed by atoms with Gasteiger partial charge in [0.25, 0.3) is 0 Å². The normalized spacial score (nSPS) is 26.9. The van der Waals surface area contributed by atoms with Gasteiger partial charge in [0.2, 0.25) is 0 Å². The van der Waals surface area contributed by atoms with Crippen molar-refractivity contribution in [3.05, 3.63) is 33.8 Å². The Morgan fingerprint density at radius 3 is 2.57 bits per heavy atom. The fraction of sp³-hybridized carbons (Fsp3) is 0.667. The standard InChI is InChI=1S/C18H27Cl2N/c1-12-5-6-13(11-21-18(2,3)4)15(9-12)16-10-14(19)7-8-17(16)20/h7-8,10,12-13,15,21H,5-6,9,11H2,1-4H3. The third-order valence-corrected chi connectivity index (χ3v) is 5.09. The molecule has 0 aromatic heterocycles. The summed E-state index contributed by atoms with van der Waals surface area (Å²) in [4.78, 5) is 0. The van der Waals surface area contributed by atoms with Gasteiger partial charge in [-0.2, -0.15) is 0 Å². The van der Waals surface area contributed by atoms with Crippen LogP contribution in [-0.2, 0) is 0 Å². The van der Waals surface area contributed by atoms with Crippen LogP contribution in [0.1, 0.15) is 58.4 Å². The molecule has 1 fully saturated rings. The van der Waals surface area contributed by atoms with Gasteiger partial charge in [0, 0.05) is 15.6 Å². The first-order valence-corrected chi connectivity index (χ1v) is 8.72. The Morgan fingerprint density at radius 2 is 1.90 bits per heavy atom. The molecule has 0 heterocycles. The highest BCUT2D eigenvalue weighted by Crippen LogP contribution is 2.43. The topological polar surface area (TPSA) is 12.0 Å². The molecule has 1 saturated carbocycles. The van der Waals surface area contributed by atoms with Crippen molar-refractivity contribution in [1.82, 2.24) is 5.32 Å². The first-order valence-electron chi connectivity index (χ1n) is 7.96. The van der Waals surface area contributed by atoms with Crippen molar-refractivity contribution in [3.8, 4) is 0 Å². The Kier molecular flexibility index (Phi) is 5.62. The summed E-state index contributed by atoms with van der Waals surface area (Å²) in [6, 6.07) is 5.88. The zero-order valence-electron chi connectivity index (χ0n) is 13.5. The minimum Gasteiger partial charge on any atom is -0.312 e. The van der Waals surface area contributed by atoms with Crippen LogP contribution in [0.25, 0.3) is 0 Å². The highest BCUT2D eigenvalue weighted by molar-refractivity contribution is 6.33. The van der Waals surface area contributed by atoms with Crippen molar-refractivity contribution in [2.45, 2.75) is 58.4 Å². The van der Waals surface area contributed by atoms with Crippen LogP contribution < -0.4 is 5.32 Å². The van der Waals surface area contributed by atoms with Gasteiger partial charge in [-0.1, -0.05) is 36.5 Å². The van der Waals surface area contributed by atoms with Gasteiger partial charge in [-0.05, 0) is 81.7 Å². The SMILES string of the molecule is CC1CCC(CNC(C)(C)C)C(c2cc(Cl)ccc2Cl)C1. The predicted octanol–water partition coefficient (Wildman–Crippen LogP) is 5.90. The summed E-state index contributed by atoms with van der Waals surface area (Å²) < 4.78 is 0. The van der Waals surface area contributed by atoms with Crippen LogP contribution in [0.5, 0.6) is 0 Å². The lowest BCUT2D eigenvalue weighted by Gasteiger charge is -2.37. The average Bonchev–Trinajstić information content (AvgIpc) is 2.39. The monoisotopic (exact) mass is 327 g/mol. The third kappa shape index (κ3) is 4.87. The van der Waals surface area contributed by atoms with E-state index >= 15 is 0 Å². The van der Waals surface area contributed by atoms with Crippen molar-refractivity contribution >= 4 is 23.2 Å². The number of benzene rings is 1. The Hall–Kier alpha value is -0.240. The van der Waals surface area contributed by atoms with Crippen molar-refractivity contribution in [1.29, 1.82) is 0 Å². The van der Waals surface area contributed by atoms with E-state index in [-0.39, 0.29) is 5.54 Å². The molecule has 0 saturated heterocycles. The molecule has 0 spiro atoms. The summed E-state index contributed by atoms with van der Waals surface area (Å²) in [7, 11) is 0. The van der Waals surface area contributed by atoms with Crippen LogP contribution >= 0.6 is 23.2 Å². The quantitative estimate of drug-likeness (QED) is 0.728. The van der Waals surface area contributed by atoms with Crippen LogP contribution in [0.3, 0.4) is 0 Å². The van der Waals surface area contributed by atoms with E-state index in [2.05, 4.69) is 39.1 Å². The van der Waals surface area contributed by atoms with Gasteiger partial charge in [-0.25, -0.2) is 0 Å². The second-order valence-electron chi connectivity index (χ2n) is 7.58. The Balaban J connectivity index is 2.20. The summed E-state index contributed by atoms with van der Waals surface area (Å²) >= 11 is 12.6. The summed E-state index contributed by atoms with van der Waals surface area (Å²) in [6.45, 7) is 10.1. The number of nitrogens with one attached hydrogen (secondary N) is 1. The lowest BCUT2D eigenvalue weighted by atomic mass is 9.71. The number of rotatable bonds is 3. The smallest absolute Gasteiger partial charge is 0.0441 e. The molecular formula is C18H27Cl2N. The van der Waals surface area contributed by atoms with E-state index in [9.17, 15) is 0 Å². The van der Waals surface area contributed by atoms with E-state index in [0.29, 0.717) is 11.8 Å². The van der Waals surface area contributed by atoms with E-state index in [1.807, 2.05) is 12.1 Å². The van der Waals surface area contributed by atoms with Gasteiger partial charge in [0.15, 0.2) is 0 Å². The Morgan fingerprint density at radius 1 is 1.19 bits per heavy atom. The van der Waals surface area contributed by atoms with Crippen LogP contribution in [-0.4, -0.2) is 12.1 Å². The molecule has 1 aliphatic rings. The van der Waals surface area contributed by atoms with E-state index in [4.69, 9.17) is 23.2 Å². The number of halogens is 2. The molecule has 0 radical (unpaired) electrons. The maximum absolute atomic E-state index is 6.45. The minimum atomic E-state index is 0.158. The van der Waals surface area contributed by atoms with E-state index in [1.165, 1.54) is 24.8 Å². The maximum atomic E-state index is 6.45. The molecule has 118 valence electrons. The molecule has 1 aromatic carbocycles. The second kappa shape index (κ2) is 6.89. The fourth-order valence-corrected chi connectivity index (χ4v) is 3.74. The summed E-state index contributed by atoms with van der Waals surface area (Å²) in [5.74, 6) is 1.90. The molecule has 3 unspecified atom stereocenters. The summed E-state index contributed by atoms with van der Waals surface area (Å²) in [5.41, 5.74) is 1.39. The van der Waals surface area contributed by atoms with Crippen molar-refractivity contribution in [2.24, 2.45) is 11.8 Å². The Labute approximate surface area is 139 Å².